The number of nitrogens with one attached hydrogen (secondary N) is 1. The molecule has 0 fully saturated rings. The van der Waals surface area contributed by atoms with Crippen LogP contribution in [-0.4, -0.2) is 24.8 Å². The predicted octanol–water partition coefficient (Wildman–Crippen LogP) is 0.900. The molecule has 0 aliphatic rings. The molecule has 0 saturated heterocycles. The Morgan fingerprint density at radius 2 is 2.00 bits per heavy atom. The van der Waals surface area contributed by atoms with E-state index in [1.54, 1.807) is 0 Å². The highest BCUT2D eigenvalue weighted by molar-refractivity contribution is 9.10. The lowest BCUT2D eigenvalue weighted by atomic mass is 10.1. The van der Waals surface area contributed by atoms with Crippen molar-refractivity contribution in [2.75, 3.05) is 0 Å². The second kappa shape index (κ2) is 5.46. The molecule has 0 saturated carbocycles. The van der Waals surface area contributed by atoms with Gasteiger partial charge >= 0.3 is 0 Å². The van der Waals surface area contributed by atoms with E-state index in [-0.39, 0.29) is 0 Å². The average molecular weight is 366 g/mol. The molecule has 110 valence electrons. The van der Waals surface area contributed by atoms with Crippen molar-refractivity contribution in [3.05, 3.63) is 32.8 Å². The minimum Gasteiger partial charge on any atom is -0.368 e. The highest BCUT2D eigenvalue weighted by Gasteiger charge is 2.34. The van der Waals surface area contributed by atoms with Gasteiger partial charge in [0, 0.05) is 10.5 Å². The van der Waals surface area contributed by atoms with E-state index in [2.05, 4.69) is 15.9 Å². The van der Waals surface area contributed by atoms with Crippen molar-refractivity contribution in [2.24, 2.45) is 5.73 Å². The number of hydrogen-bond acceptors (Lipinski definition) is 5. The summed E-state index contributed by atoms with van der Waals surface area (Å²) in [6.45, 7) is 2.52. The van der Waals surface area contributed by atoms with Crippen molar-refractivity contribution in [3.8, 4) is 0 Å². The molecular weight excluding hydrogens is 354 g/mol. The molecule has 1 aromatic carbocycles. The van der Waals surface area contributed by atoms with Crippen LogP contribution >= 0.6 is 15.9 Å². The van der Waals surface area contributed by atoms with Gasteiger partial charge in [0.25, 0.3) is 5.69 Å². The molecular formula is C10H12BrN3O5S. The van der Waals surface area contributed by atoms with E-state index in [0.29, 0.717) is 4.47 Å². The zero-order valence-corrected chi connectivity index (χ0v) is 13.0. The minimum absolute atomic E-state index is 0.348. The smallest absolute Gasteiger partial charge is 0.289 e. The summed E-state index contributed by atoms with van der Waals surface area (Å²) >= 11 is 3.04. The van der Waals surface area contributed by atoms with E-state index in [4.69, 9.17) is 5.73 Å². The molecule has 0 aliphatic heterocycles. The maximum Gasteiger partial charge on any atom is 0.289 e. The normalized spacial score (nSPS) is 12.2. The topological polar surface area (TPSA) is 132 Å². The third kappa shape index (κ3) is 3.52. The number of nitro groups is 1. The fourth-order valence-electron chi connectivity index (χ4n) is 1.30. The zero-order chi connectivity index (χ0) is 15.7. The van der Waals surface area contributed by atoms with Gasteiger partial charge in [-0.15, -0.1) is 0 Å². The van der Waals surface area contributed by atoms with Crippen molar-refractivity contribution >= 4 is 37.5 Å². The average Bonchev–Trinajstić information content (AvgIpc) is 2.26. The lowest BCUT2D eigenvalue weighted by Crippen LogP contribution is -2.52. The van der Waals surface area contributed by atoms with Gasteiger partial charge in [-0.25, -0.2) is 8.42 Å². The van der Waals surface area contributed by atoms with Crippen LogP contribution in [0.1, 0.15) is 13.8 Å². The summed E-state index contributed by atoms with van der Waals surface area (Å²) in [7, 11) is -4.28. The number of primary amides is 1. The second-order valence-corrected chi connectivity index (χ2v) is 7.03. The predicted molar refractivity (Wildman–Crippen MR) is 74.4 cm³/mol. The van der Waals surface area contributed by atoms with Gasteiger partial charge in [0.1, 0.15) is 5.54 Å². The first kappa shape index (κ1) is 16.5. The van der Waals surface area contributed by atoms with Gasteiger partial charge in [0.15, 0.2) is 4.90 Å². The van der Waals surface area contributed by atoms with Gasteiger partial charge in [-0.3, -0.25) is 14.9 Å². The maximum atomic E-state index is 12.2. The van der Waals surface area contributed by atoms with Crippen LogP contribution in [0.3, 0.4) is 0 Å². The Bertz CT molecular complexity index is 671. The summed E-state index contributed by atoms with van der Waals surface area (Å²) in [4.78, 5) is 20.7. The summed E-state index contributed by atoms with van der Waals surface area (Å²) in [5.41, 5.74) is 2.90. The van der Waals surface area contributed by atoms with Crippen LogP contribution in [0.2, 0.25) is 0 Å². The van der Waals surface area contributed by atoms with Crippen molar-refractivity contribution in [1.82, 2.24) is 4.72 Å². The molecule has 0 atom stereocenters. The van der Waals surface area contributed by atoms with E-state index in [9.17, 15) is 23.3 Å². The molecule has 10 heteroatoms. The van der Waals surface area contributed by atoms with Crippen LogP contribution < -0.4 is 10.5 Å². The number of carbonyl (C=O) groups is 1. The number of amides is 1. The summed E-state index contributed by atoms with van der Waals surface area (Å²) in [5, 5.41) is 10.9. The Labute approximate surface area is 123 Å². The zero-order valence-electron chi connectivity index (χ0n) is 10.6. The van der Waals surface area contributed by atoms with E-state index in [1.165, 1.54) is 19.9 Å². The summed E-state index contributed by atoms with van der Waals surface area (Å²) < 4.78 is 26.8. The van der Waals surface area contributed by atoms with E-state index in [0.717, 1.165) is 12.1 Å². The van der Waals surface area contributed by atoms with Crippen molar-refractivity contribution < 1.29 is 18.1 Å². The van der Waals surface area contributed by atoms with Crippen LogP contribution in [-0.2, 0) is 14.8 Å². The molecule has 1 rings (SSSR count). The minimum atomic E-state index is -4.28. The molecule has 8 nitrogen and oxygen atoms in total. The molecule has 0 bridgehead atoms. The fourth-order valence-corrected chi connectivity index (χ4v) is 3.39. The summed E-state index contributed by atoms with van der Waals surface area (Å²) in [6, 6.07) is 3.48. The Kier molecular flexibility index (Phi) is 4.52. The molecule has 1 aromatic rings. The monoisotopic (exact) mass is 365 g/mol. The third-order valence-corrected chi connectivity index (χ3v) is 4.59. The van der Waals surface area contributed by atoms with Crippen LogP contribution in [0.25, 0.3) is 0 Å². The fraction of sp³-hybridized carbons (Fsp3) is 0.300. The number of hydrogen-bond donors (Lipinski definition) is 2. The van der Waals surface area contributed by atoms with E-state index >= 15 is 0 Å². The molecule has 20 heavy (non-hydrogen) atoms. The van der Waals surface area contributed by atoms with Crippen LogP contribution in [0, 0.1) is 10.1 Å². The third-order valence-electron chi connectivity index (χ3n) is 2.41. The highest BCUT2D eigenvalue weighted by Crippen LogP contribution is 2.27. The largest absolute Gasteiger partial charge is 0.368 e. The number of nitrogens with two attached hydrogens (primary N) is 1. The molecule has 0 radical (unpaired) electrons. The van der Waals surface area contributed by atoms with Gasteiger partial charge in [-0.1, -0.05) is 15.9 Å². The summed E-state index contributed by atoms with van der Waals surface area (Å²) in [6.07, 6.45) is 0. The quantitative estimate of drug-likeness (QED) is 0.590. The molecule has 1 amide bonds. The van der Waals surface area contributed by atoms with E-state index < -0.39 is 37.0 Å². The molecule has 0 heterocycles. The first-order valence-corrected chi connectivity index (χ1v) is 7.53. The molecule has 0 aromatic heterocycles. The van der Waals surface area contributed by atoms with Crippen LogP contribution in [0.4, 0.5) is 5.69 Å². The Morgan fingerprint density at radius 1 is 1.45 bits per heavy atom. The lowest BCUT2D eigenvalue weighted by Gasteiger charge is -2.21. The molecule has 3 N–H and O–H groups in total. The Balaban J connectivity index is 3.40. The van der Waals surface area contributed by atoms with E-state index in [1.807, 2.05) is 4.72 Å². The van der Waals surface area contributed by atoms with Gasteiger partial charge in [0.2, 0.25) is 15.9 Å². The number of nitro benzene ring substituents is 1. The lowest BCUT2D eigenvalue weighted by molar-refractivity contribution is -0.387. The number of benzene rings is 1. The van der Waals surface area contributed by atoms with Gasteiger partial charge < -0.3 is 5.73 Å². The van der Waals surface area contributed by atoms with Gasteiger partial charge in [-0.05, 0) is 26.0 Å². The number of halogens is 1. The summed E-state index contributed by atoms with van der Waals surface area (Å²) in [5.74, 6) is -0.904. The number of sulfonamides is 1. The van der Waals surface area contributed by atoms with Crippen LogP contribution in [0.15, 0.2) is 27.6 Å². The number of rotatable bonds is 5. The van der Waals surface area contributed by atoms with Gasteiger partial charge in [-0.2, -0.15) is 4.72 Å². The number of carbonyl (C=O) groups excluding carboxylic acids is 1. The molecule has 0 spiro atoms. The Morgan fingerprint density at radius 3 is 2.45 bits per heavy atom. The number of nitrogens with zero attached hydrogens (tertiary/aromatic N) is 1. The van der Waals surface area contributed by atoms with Gasteiger partial charge in [0.05, 0.1) is 4.92 Å². The molecule has 0 aliphatic carbocycles. The second-order valence-electron chi connectivity index (χ2n) is 4.46. The first-order chi connectivity index (χ1) is 8.97. The SMILES string of the molecule is CC(C)(NS(=O)(=O)c1cc(Br)ccc1[N+](=O)[O-])C(N)=O. The standard InChI is InChI=1S/C10H12BrN3O5S/c1-10(2,9(12)15)13-20(18,19)8-5-6(11)3-4-7(8)14(16)17/h3-5,13H,1-2H3,(H2,12,15). The molecule has 0 unspecified atom stereocenters. The van der Waals surface area contributed by atoms with Crippen molar-refractivity contribution in [3.63, 3.8) is 0 Å². The maximum absolute atomic E-state index is 12.2. The van der Waals surface area contributed by atoms with Crippen molar-refractivity contribution in [2.45, 2.75) is 24.3 Å². The van der Waals surface area contributed by atoms with Crippen LogP contribution in [0.5, 0.6) is 0 Å². The highest BCUT2D eigenvalue weighted by atomic mass is 79.9. The first-order valence-electron chi connectivity index (χ1n) is 5.25. The Hall–Kier alpha value is -1.52. The van der Waals surface area contributed by atoms with Crippen molar-refractivity contribution in [1.29, 1.82) is 0 Å².